The molecule has 2 aliphatic heterocycles. The SMILES string of the molecule is O=C(Nc1cc(-c2cccc(NCC3CCOCC3)c2)c(Cl)cn1)[C@@H]1CCCN(CCF)C1. The first-order valence-electron chi connectivity index (χ1n) is 11.8. The average molecular weight is 475 g/mol. The van der Waals surface area contributed by atoms with E-state index in [0.29, 0.717) is 29.8 Å². The van der Waals surface area contributed by atoms with Crippen LogP contribution in [0.2, 0.25) is 5.02 Å². The molecule has 0 unspecified atom stereocenters. The fourth-order valence-electron chi connectivity index (χ4n) is 4.56. The molecule has 1 amide bonds. The molecule has 33 heavy (non-hydrogen) atoms. The highest BCUT2D eigenvalue weighted by molar-refractivity contribution is 6.33. The zero-order valence-corrected chi connectivity index (χ0v) is 19.6. The van der Waals surface area contributed by atoms with E-state index in [4.69, 9.17) is 16.3 Å². The van der Waals surface area contributed by atoms with Gasteiger partial charge in [0.15, 0.2) is 0 Å². The van der Waals surface area contributed by atoms with E-state index in [1.54, 1.807) is 6.20 Å². The van der Waals surface area contributed by atoms with Crippen molar-refractivity contribution in [3.05, 3.63) is 41.6 Å². The van der Waals surface area contributed by atoms with Crippen LogP contribution in [0.25, 0.3) is 11.1 Å². The molecule has 1 aromatic carbocycles. The van der Waals surface area contributed by atoms with Crippen molar-refractivity contribution in [3.8, 4) is 11.1 Å². The van der Waals surface area contributed by atoms with Gasteiger partial charge >= 0.3 is 0 Å². The van der Waals surface area contributed by atoms with E-state index in [0.717, 1.165) is 68.8 Å². The molecule has 178 valence electrons. The maximum atomic E-state index is 12.8. The molecule has 8 heteroatoms. The molecule has 2 N–H and O–H groups in total. The smallest absolute Gasteiger partial charge is 0.229 e. The molecule has 1 aromatic heterocycles. The van der Waals surface area contributed by atoms with Crippen molar-refractivity contribution < 1.29 is 13.9 Å². The Bertz CT molecular complexity index is 936. The van der Waals surface area contributed by atoms with Crippen molar-refractivity contribution in [2.75, 3.05) is 56.7 Å². The lowest BCUT2D eigenvalue weighted by molar-refractivity contribution is -0.121. The standard InChI is InChI=1S/C25H32ClFN4O2/c26-23-16-29-24(30-25(32)20-4-2-9-31(17-20)10-8-27)14-22(23)19-3-1-5-21(13-19)28-15-18-6-11-33-12-7-18/h1,3,5,13-14,16,18,20,28H,2,4,6-12,15,17H2,(H,29,30,32)/t20-/m1/s1. The van der Waals surface area contributed by atoms with Crippen LogP contribution in [0.1, 0.15) is 25.7 Å². The van der Waals surface area contributed by atoms with Crippen LogP contribution in [0.3, 0.4) is 0 Å². The normalized spacial score (nSPS) is 19.9. The van der Waals surface area contributed by atoms with Gasteiger partial charge in [-0.25, -0.2) is 9.37 Å². The van der Waals surface area contributed by atoms with Crippen LogP contribution in [0.15, 0.2) is 36.5 Å². The number of hydrogen-bond acceptors (Lipinski definition) is 5. The largest absolute Gasteiger partial charge is 0.385 e. The summed E-state index contributed by atoms with van der Waals surface area (Å²) in [6.07, 6.45) is 5.43. The third-order valence-electron chi connectivity index (χ3n) is 6.49. The number of anilines is 2. The Morgan fingerprint density at radius 3 is 2.91 bits per heavy atom. The topological polar surface area (TPSA) is 66.5 Å². The number of alkyl halides is 1. The Kier molecular flexibility index (Phi) is 8.53. The molecule has 6 nitrogen and oxygen atoms in total. The number of carbonyl (C=O) groups excluding carboxylic acids is 1. The van der Waals surface area contributed by atoms with Crippen molar-refractivity contribution >= 4 is 29.0 Å². The number of hydrogen-bond donors (Lipinski definition) is 2. The molecule has 0 bridgehead atoms. The molecule has 0 spiro atoms. The van der Waals surface area contributed by atoms with Gasteiger partial charge in [0.1, 0.15) is 12.5 Å². The van der Waals surface area contributed by atoms with Crippen molar-refractivity contribution in [1.29, 1.82) is 0 Å². The van der Waals surface area contributed by atoms with Gasteiger partial charge in [0.25, 0.3) is 0 Å². The minimum absolute atomic E-state index is 0.0776. The van der Waals surface area contributed by atoms with Gasteiger partial charge in [-0.05, 0) is 61.9 Å². The summed E-state index contributed by atoms with van der Waals surface area (Å²) < 4.78 is 18.1. The Labute approximate surface area is 199 Å². The molecular weight excluding hydrogens is 443 g/mol. The van der Waals surface area contributed by atoms with Crippen LogP contribution < -0.4 is 10.6 Å². The van der Waals surface area contributed by atoms with Crippen LogP contribution in [0, 0.1) is 11.8 Å². The number of piperidine rings is 1. The van der Waals surface area contributed by atoms with E-state index in [9.17, 15) is 9.18 Å². The predicted molar refractivity (Wildman–Crippen MR) is 130 cm³/mol. The summed E-state index contributed by atoms with van der Waals surface area (Å²) in [6.45, 7) is 4.00. The number of pyridine rings is 1. The van der Waals surface area contributed by atoms with E-state index in [-0.39, 0.29) is 18.5 Å². The van der Waals surface area contributed by atoms with E-state index in [1.807, 2.05) is 29.2 Å². The van der Waals surface area contributed by atoms with Crippen molar-refractivity contribution in [1.82, 2.24) is 9.88 Å². The van der Waals surface area contributed by atoms with Gasteiger partial charge in [-0.3, -0.25) is 9.69 Å². The average Bonchev–Trinajstić information content (AvgIpc) is 2.85. The molecule has 0 radical (unpaired) electrons. The number of nitrogens with zero attached hydrogens (tertiary/aromatic N) is 2. The third kappa shape index (κ3) is 6.65. The molecule has 4 rings (SSSR count). The van der Waals surface area contributed by atoms with Crippen molar-refractivity contribution in [2.24, 2.45) is 11.8 Å². The fraction of sp³-hybridized carbons (Fsp3) is 0.520. The molecular formula is C25H32ClFN4O2. The summed E-state index contributed by atoms with van der Waals surface area (Å²) >= 11 is 6.47. The molecule has 1 atom stereocenters. The molecule has 2 aliphatic rings. The number of carbonyl (C=O) groups is 1. The first-order chi connectivity index (χ1) is 16.1. The van der Waals surface area contributed by atoms with Crippen molar-refractivity contribution in [3.63, 3.8) is 0 Å². The van der Waals surface area contributed by atoms with Gasteiger partial charge in [0.05, 0.1) is 10.9 Å². The molecule has 0 aliphatic carbocycles. The first-order valence-corrected chi connectivity index (χ1v) is 12.2. The predicted octanol–water partition coefficient (Wildman–Crippen LogP) is 4.86. The van der Waals surface area contributed by atoms with E-state index in [1.165, 1.54) is 0 Å². The van der Waals surface area contributed by atoms with E-state index in [2.05, 4.69) is 21.7 Å². The number of ether oxygens (including phenoxy) is 1. The van der Waals surface area contributed by atoms with E-state index < -0.39 is 0 Å². The Morgan fingerprint density at radius 1 is 1.24 bits per heavy atom. The highest BCUT2D eigenvalue weighted by atomic mass is 35.5. The highest BCUT2D eigenvalue weighted by Crippen LogP contribution is 2.31. The van der Waals surface area contributed by atoms with Crippen molar-refractivity contribution in [2.45, 2.75) is 25.7 Å². The van der Waals surface area contributed by atoms with Crippen LogP contribution in [0.5, 0.6) is 0 Å². The summed E-state index contributed by atoms with van der Waals surface area (Å²) in [5.74, 6) is 0.854. The maximum Gasteiger partial charge on any atom is 0.229 e. The van der Waals surface area contributed by atoms with Crippen LogP contribution in [0.4, 0.5) is 15.9 Å². The van der Waals surface area contributed by atoms with Gasteiger partial charge in [0.2, 0.25) is 5.91 Å². The lowest BCUT2D eigenvalue weighted by Crippen LogP contribution is -2.41. The molecule has 2 saturated heterocycles. The second kappa shape index (κ2) is 11.8. The first kappa shape index (κ1) is 23.9. The number of benzene rings is 1. The van der Waals surface area contributed by atoms with E-state index >= 15 is 0 Å². The summed E-state index contributed by atoms with van der Waals surface area (Å²) in [6, 6.07) is 9.94. The summed E-state index contributed by atoms with van der Waals surface area (Å²) in [5, 5.41) is 7.00. The molecule has 2 fully saturated rings. The quantitative estimate of drug-likeness (QED) is 0.572. The third-order valence-corrected chi connectivity index (χ3v) is 6.79. The zero-order valence-electron chi connectivity index (χ0n) is 18.9. The second-order valence-electron chi connectivity index (χ2n) is 8.88. The Balaban J connectivity index is 1.42. The number of rotatable bonds is 8. The Hall–Kier alpha value is -2.22. The van der Waals surface area contributed by atoms with Gasteiger partial charge in [-0.1, -0.05) is 23.7 Å². The lowest BCUT2D eigenvalue weighted by Gasteiger charge is -2.31. The summed E-state index contributed by atoms with van der Waals surface area (Å²) in [4.78, 5) is 19.1. The number of amides is 1. The number of likely N-dealkylation sites (tertiary alicyclic amines) is 1. The second-order valence-corrected chi connectivity index (χ2v) is 9.29. The highest BCUT2D eigenvalue weighted by Gasteiger charge is 2.26. The van der Waals surface area contributed by atoms with Gasteiger partial charge in [-0.2, -0.15) is 0 Å². The Morgan fingerprint density at radius 2 is 2.09 bits per heavy atom. The van der Waals surface area contributed by atoms with Gasteiger partial charge in [0, 0.05) is 50.3 Å². The number of nitrogens with one attached hydrogen (secondary N) is 2. The summed E-state index contributed by atoms with van der Waals surface area (Å²) in [7, 11) is 0. The molecule has 0 saturated carbocycles. The summed E-state index contributed by atoms with van der Waals surface area (Å²) in [5.41, 5.74) is 2.81. The van der Waals surface area contributed by atoms with Gasteiger partial charge in [-0.15, -0.1) is 0 Å². The number of halogens is 2. The minimum atomic E-state index is -0.389. The minimum Gasteiger partial charge on any atom is -0.385 e. The van der Waals surface area contributed by atoms with Gasteiger partial charge < -0.3 is 15.4 Å². The maximum absolute atomic E-state index is 12.8. The fourth-order valence-corrected chi connectivity index (χ4v) is 4.77. The monoisotopic (exact) mass is 474 g/mol. The van der Waals surface area contributed by atoms with Crippen LogP contribution in [-0.2, 0) is 9.53 Å². The molecule has 2 aromatic rings. The zero-order chi connectivity index (χ0) is 23.0. The lowest BCUT2D eigenvalue weighted by atomic mass is 9.97. The van der Waals surface area contributed by atoms with Crippen LogP contribution >= 0.6 is 11.6 Å². The number of aromatic nitrogens is 1. The molecule has 3 heterocycles. The van der Waals surface area contributed by atoms with Crippen LogP contribution in [-0.4, -0.2) is 61.9 Å².